The average molecular weight is 447 g/mol. The summed E-state index contributed by atoms with van der Waals surface area (Å²) >= 11 is 6.18. The lowest BCUT2D eigenvalue weighted by Gasteiger charge is -2.15. The van der Waals surface area contributed by atoms with Crippen molar-refractivity contribution in [2.24, 2.45) is 0 Å². The third-order valence-corrected chi connectivity index (χ3v) is 5.44. The Hall–Kier alpha value is -3.58. The van der Waals surface area contributed by atoms with Gasteiger partial charge in [-0.2, -0.15) is 0 Å². The number of benzene rings is 2. The first-order valence-electron chi connectivity index (χ1n) is 10.3. The predicted octanol–water partition coefficient (Wildman–Crippen LogP) is 4.74. The Balaban J connectivity index is 1.60. The van der Waals surface area contributed by atoms with E-state index in [0.29, 0.717) is 16.5 Å². The number of tetrazole rings is 1. The van der Waals surface area contributed by atoms with E-state index in [0.717, 1.165) is 27.9 Å². The highest BCUT2D eigenvalue weighted by molar-refractivity contribution is 6.30. The maximum Gasteiger partial charge on any atom is 0.251 e. The summed E-state index contributed by atoms with van der Waals surface area (Å²) in [6, 6.07) is 13.3. The van der Waals surface area contributed by atoms with E-state index in [-0.39, 0.29) is 12.5 Å². The number of nitrogens with one attached hydrogen (secondary N) is 1. The van der Waals surface area contributed by atoms with Crippen molar-refractivity contribution in [2.75, 3.05) is 0 Å². The molecule has 0 radical (unpaired) electrons. The van der Waals surface area contributed by atoms with Crippen molar-refractivity contribution in [3.05, 3.63) is 88.5 Å². The summed E-state index contributed by atoms with van der Waals surface area (Å²) in [5.41, 5.74) is 6.36. The number of hydrogen-bond acceptors (Lipinski definition) is 5. The van der Waals surface area contributed by atoms with Crippen molar-refractivity contribution in [2.45, 2.75) is 33.2 Å². The third kappa shape index (κ3) is 4.68. The van der Waals surface area contributed by atoms with Crippen LogP contribution in [0.3, 0.4) is 0 Å². The van der Waals surface area contributed by atoms with Gasteiger partial charge in [0.25, 0.3) is 5.91 Å². The van der Waals surface area contributed by atoms with Gasteiger partial charge in [0.05, 0.1) is 5.69 Å². The van der Waals surface area contributed by atoms with Gasteiger partial charge >= 0.3 is 0 Å². The van der Waals surface area contributed by atoms with Gasteiger partial charge in [-0.1, -0.05) is 31.5 Å². The SMILES string of the molecule is Cc1cc(C(=O)NCc2cc(Cl)ccc2-n2cnnn2)cc(-c2cnccc2C(C)C)c1. The molecule has 4 aromatic rings. The van der Waals surface area contributed by atoms with E-state index in [2.05, 4.69) is 45.7 Å². The molecule has 0 aliphatic carbocycles. The van der Waals surface area contributed by atoms with Gasteiger partial charge < -0.3 is 5.32 Å². The number of pyridine rings is 1. The lowest BCUT2D eigenvalue weighted by atomic mass is 9.92. The molecule has 2 heterocycles. The van der Waals surface area contributed by atoms with E-state index in [4.69, 9.17) is 11.6 Å². The molecule has 0 aliphatic heterocycles. The Morgan fingerprint density at radius 3 is 2.75 bits per heavy atom. The lowest BCUT2D eigenvalue weighted by Crippen LogP contribution is -2.23. The van der Waals surface area contributed by atoms with Gasteiger partial charge in [-0.3, -0.25) is 9.78 Å². The summed E-state index contributed by atoms with van der Waals surface area (Å²) in [5.74, 6) is 0.172. The zero-order valence-corrected chi connectivity index (χ0v) is 18.8. The number of nitrogens with zero attached hydrogens (tertiary/aromatic N) is 5. The summed E-state index contributed by atoms with van der Waals surface area (Å²) in [7, 11) is 0. The molecule has 0 saturated heterocycles. The molecular formula is C24H23ClN6O. The van der Waals surface area contributed by atoms with Crippen LogP contribution in [0.4, 0.5) is 0 Å². The smallest absolute Gasteiger partial charge is 0.251 e. The van der Waals surface area contributed by atoms with Crippen molar-refractivity contribution in [1.29, 1.82) is 0 Å². The molecule has 0 fully saturated rings. The van der Waals surface area contributed by atoms with Gasteiger partial charge in [-0.25, -0.2) is 4.68 Å². The average Bonchev–Trinajstić information content (AvgIpc) is 3.31. The molecule has 0 bridgehead atoms. The van der Waals surface area contributed by atoms with Crippen molar-refractivity contribution in [3.63, 3.8) is 0 Å². The van der Waals surface area contributed by atoms with E-state index >= 15 is 0 Å². The normalized spacial score (nSPS) is 11.0. The van der Waals surface area contributed by atoms with E-state index in [1.807, 2.05) is 37.4 Å². The molecule has 4 rings (SSSR count). The Labute approximate surface area is 191 Å². The second-order valence-electron chi connectivity index (χ2n) is 7.92. The highest BCUT2D eigenvalue weighted by Gasteiger charge is 2.14. The van der Waals surface area contributed by atoms with Gasteiger partial charge in [0.15, 0.2) is 0 Å². The van der Waals surface area contributed by atoms with Crippen LogP contribution in [0.2, 0.25) is 5.02 Å². The summed E-state index contributed by atoms with van der Waals surface area (Å²) in [4.78, 5) is 17.3. The third-order valence-electron chi connectivity index (χ3n) is 5.20. The van der Waals surface area contributed by atoms with E-state index in [1.54, 1.807) is 23.0 Å². The molecule has 1 N–H and O–H groups in total. The number of hydrogen-bond donors (Lipinski definition) is 1. The standard InChI is InChI=1S/C24H23ClN6O/c1-15(2)21-6-7-26-13-22(21)17-8-16(3)9-18(10-17)24(32)27-12-19-11-20(25)4-5-23(19)31-14-28-29-30-31/h4-11,13-15H,12H2,1-3H3,(H,27,32). The minimum Gasteiger partial charge on any atom is -0.348 e. The molecular weight excluding hydrogens is 424 g/mol. The van der Waals surface area contributed by atoms with Gasteiger partial charge in [0.2, 0.25) is 0 Å². The number of aryl methyl sites for hydroxylation is 1. The number of rotatable bonds is 6. The van der Waals surface area contributed by atoms with Crippen LogP contribution in [0.25, 0.3) is 16.8 Å². The molecule has 0 atom stereocenters. The summed E-state index contributed by atoms with van der Waals surface area (Å²) < 4.78 is 1.54. The first kappa shape index (κ1) is 21.6. The zero-order chi connectivity index (χ0) is 22.7. The minimum absolute atomic E-state index is 0.174. The fourth-order valence-electron chi connectivity index (χ4n) is 3.69. The molecule has 162 valence electrons. The molecule has 2 aromatic heterocycles. The van der Waals surface area contributed by atoms with Gasteiger partial charge in [0.1, 0.15) is 6.33 Å². The molecule has 1 amide bonds. The topological polar surface area (TPSA) is 85.6 Å². The van der Waals surface area contributed by atoms with Gasteiger partial charge in [-0.05, 0) is 81.9 Å². The van der Waals surface area contributed by atoms with Crippen LogP contribution in [-0.2, 0) is 6.54 Å². The van der Waals surface area contributed by atoms with Gasteiger partial charge in [0, 0.05) is 35.1 Å². The van der Waals surface area contributed by atoms with Crippen molar-refractivity contribution in [3.8, 4) is 16.8 Å². The monoisotopic (exact) mass is 446 g/mol. The molecule has 0 aliphatic rings. The summed E-state index contributed by atoms with van der Waals surface area (Å²) in [6.45, 7) is 6.56. The second kappa shape index (κ2) is 9.28. The Morgan fingerprint density at radius 1 is 1.16 bits per heavy atom. The largest absolute Gasteiger partial charge is 0.348 e. The Morgan fingerprint density at radius 2 is 2.00 bits per heavy atom. The minimum atomic E-state index is -0.174. The first-order valence-corrected chi connectivity index (χ1v) is 10.7. The van der Waals surface area contributed by atoms with Crippen molar-refractivity contribution < 1.29 is 4.79 Å². The molecule has 0 unspecified atom stereocenters. The fraction of sp³-hybridized carbons (Fsp3) is 0.208. The predicted molar refractivity (Wildman–Crippen MR) is 124 cm³/mol. The maximum absolute atomic E-state index is 13.0. The van der Waals surface area contributed by atoms with Crippen LogP contribution >= 0.6 is 11.6 Å². The second-order valence-corrected chi connectivity index (χ2v) is 8.35. The van der Waals surface area contributed by atoms with Crippen molar-refractivity contribution in [1.82, 2.24) is 30.5 Å². The molecule has 8 heteroatoms. The number of halogens is 1. The van der Waals surface area contributed by atoms with Crippen LogP contribution in [0.1, 0.15) is 46.8 Å². The van der Waals surface area contributed by atoms with E-state index in [9.17, 15) is 4.79 Å². The Kier molecular flexibility index (Phi) is 6.28. The first-order chi connectivity index (χ1) is 15.4. The molecule has 32 heavy (non-hydrogen) atoms. The lowest BCUT2D eigenvalue weighted by molar-refractivity contribution is 0.0951. The highest BCUT2D eigenvalue weighted by atomic mass is 35.5. The molecule has 0 saturated carbocycles. The summed E-state index contributed by atoms with van der Waals surface area (Å²) in [5, 5.41) is 14.9. The quantitative estimate of drug-likeness (QED) is 0.462. The fourth-order valence-corrected chi connectivity index (χ4v) is 3.88. The molecule has 2 aromatic carbocycles. The van der Waals surface area contributed by atoms with Crippen LogP contribution in [0.15, 0.2) is 61.2 Å². The van der Waals surface area contributed by atoms with Crippen LogP contribution in [0, 0.1) is 6.92 Å². The molecule has 7 nitrogen and oxygen atoms in total. The number of carbonyl (C=O) groups excluding carboxylic acids is 1. The van der Waals surface area contributed by atoms with Crippen molar-refractivity contribution >= 4 is 17.5 Å². The van der Waals surface area contributed by atoms with Crippen LogP contribution < -0.4 is 5.32 Å². The molecule has 0 spiro atoms. The number of carbonyl (C=O) groups is 1. The number of aromatic nitrogens is 5. The van der Waals surface area contributed by atoms with E-state index in [1.165, 1.54) is 11.9 Å². The van der Waals surface area contributed by atoms with Crippen LogP contribution in [-0.4, -0.2) is 31.1 Å². The van der Waals surface area contributed by atoms with E-state index < -0.39 is 0 Å². The number of amides is 1. The van der Waals surface area contributed by atoms with Gasteiger partial charge in [-0.15, -0.1) is 5.10 Å². The zero-order valence-electron chi connectivity index (χ0n) is 18.1. The maximum atomic E-state index is 13.0. The Bertz CT molecular complexity index is 1250. The summed E-state index contributed by atoms with van der Waals surface area (Å²) in [6.07, 6.45) is 5.16. The van der Waals surface area contributed by atoms with Crippen LogP contribution in [0.5, 0.6) is 0 Å². The highest BCUT2D eigenvalue weighted by Crippen LogP contribution is 2.30.